The molecule has 0 N–H and O–H groups in total. The van der Waals surface area contributed by atoms with Gasteiger partial charge in [0.15, 0.2) is 17.3 Å². The maximum atomic E-state index is 13.1. The van der Waals surface area contributed by atoms with Crippen molar-refractivity contribution in [2.45, 2.75) is 25.9 Å². The van der Waals surface area contributed by atoms with Crippen LogP contribution in [0.1, 0.15) is 30.1 Å². The molecule has 8 nitrogen and oxygen atoms in total. The largest absolute Gasteiger partial charge is 0.493 e. The van der Waals surface area contributed by atoms with Crippen LogP contribution >= 0.6 is 0 Å². The summed E-state index contributed by atoms with van der Waals surface area (Å²) in [6, 6.07) is 5.31. The second-order valence-corrected chi connectivity index (χ2v) is 6.93. The molecule has 0 bridgehead atoms. The number of carbonyl (C=O) groups is 1. The molecular formula is C21H28N4O4. The lowest BCUT2D eigenvalue weighted by molar-refractivity contribution is 0.0767. The van der Waals surface area contributed by atoms with Crippen molar-refractivity contribution in [3.05, 3.63) is 36.2 Å². The molecule has 0 radical (unpaired) electrons. The SMILES string of the molecule is CCCN(C)c1nccnc1OC1CCN(C(=O)c2cccc(OC)c2OC)C1. The number of benzene rings is 1. The number of carbonyl (C=O) groups excluding carboxylic acids is 1. The fourth-order valence-corrected chi connectivity index (χ4v) is 3.50. The molecule has 1 saturated heterocycles. The minimum atomic E-state index is -0.138. The van der Waals surface area contributed by atoms with Crippen molar-refractivity contribution in [3.8, 4) is 17.4 Å². The number of likely N-dealkylation sites (tertiary alicyclic amines) is 1. The molecule has 8 heteroatoms. The zero-order chi connectivity index (χ0) is 20.8. The van der Waals surface area contributed by atoms with Gasteiger partial charge in [-0.15, -0.1) is 0 Å². The number of hydrogen-bond acceptors (Lipinski definition) is 7. The van der Waals surface area contributed by atoms with Gasteiger partial charge in [-0.25, -0.2) is 9.97 Å². The Bertz CT molecular complexity index is 845. The minimum Gasteiger partial charge on any atom is -0.493 e. The molecule has 2 aromatic rings. The van der Waals surface area contributed by atoms with E-state index in [0.717, 1.165) is 19.4 Å². The lowest BCUT2D eigenvalue weighted by atomic mass is 10.1. The van der Waals surface area contributed by atoms with E-state index in [1.807, 2.05) is 11.9 Å². The highest BCUT2D eigenvalue weighted by Gasteiger charge is 2.31. The first-order valence-electron chi connectivity index (χ1n) is 9.78. The Hall–Kier alpha value is -3.03. The summed E-state index contributed by atoms with van der Waals surface area (Å²) in [5.74, 6) is 2.10. The van der Waals surface area contributed by atoms with Gasteiger partial charge >= 0.3 is 0 Å². The van der Waals surface area contributed by atoms with Gasteiger partial charge in [0.25, 0.3) is 11.8 Å². The molecule has 156 valence electrons. The van der Waals surface area contributed by atoms with Gasteiger partial charge in [-0.3, -0.25) is 4.79 Å². The second kappa shape index (κ2) is 9.45. The van der Waals surface area contributed by atoms with Gasteiger partial charge in [0, 0.05) is 39.0 Å². The third-order valence-corrected chi connectivity index (χ3v) is 4.91. The van der Waals surface area contributed by atoms with Gasteiger partial charge in [0.1, 0.15) is 6.10 Å². The van der Waals surface area contributed by atoms with Gasteiger partial charge in [0.2, 0.25) is 0 Å². The molecule has 0 spiro atoms. The van der Waals surface area contributed by atoms with Crippen molar-refractivity contribution in [2.24, 2.45) is 0 Å². The van der Waals surface area contributed by atoms with Gasteiger partial charge in [0.05, 0.1) is 26.3 Å². The Balaban J connectivity index is 1.71. The van der Waals surface area contributed by atoms with Crippen LogP contribution in [-0.4, -0.2) is 67.8 Å². The Morgan fingerprint density at radius 2 is 2.03 bits per heavy atom. The number of methoxy groups -OCH3 is 2. The van der Waals surface area contributed by atoms with E-state index in [0.29, 0.717) is 41.8 Å². The molecule has 1 atom stereocenters. The zero-order valence-corrected chi connectivity index (χ0v) is 17.4. The molecule has 1 fully saturated rings. The maximum absolute atomic E-state index is 13.1. The van der Waals surface area contributed by atoms with Crippen LogP contribution in [0, 0.1) is 0 Å². The fourth-order valence-electron chi connectivity index (χ4n) is 3.50. The van der Waals surface area contributed by atoms with E-state index in [2.05, 4.69) is 16.9 Å². The molecule has 1 aliphatic rings. The molecule has 0 aliphatic carbocycles. The molecule has 0 saturated carbocycles. The van der Waals surface area contributed by atoms with Crippen molar-refractivity contribution in [1.82, 2.24) is 14.9 Å². The van der Waals surface area contributed by atoms with E-state index < -0.39 is 0 Å². The summed E-state index contributed by atoms with van der Waals surface area (Å²) in [6.45, 7) is 4.05. The van der Waals surface area contributed by atoms with Crippen LogP contribution in [0.5, 0.6) is 17.4 Å². The molecule has 2 heterocycles. The van der Waals surface area contributed by atoms with E-state index in [1.54, 1.807) is 42.6 Å². The number of amides is 1. The monoisotopic (exact) mass is 400 g/mol. The van der Waals surface area contributed by atoms with Crippen LogP contribution in [0.25, 0.3) is 0 Å². The Kier molecular flexibility index (Phi) is 6.74. The Morgan fingerprint density at radius 3 is 2.76 bits per heavy atom. The highest BCUT2D eigenvalue weighted by molar-refractivity contribution is 5.98. The third-order valence-electron chi connectivity index (χ3n) is 4.91. The quantitative estimate of drug-likeness (QED) is 0.674. The van der Waals surface area contributed by atoms with E-state index in [9.17, 15) is 4.79 Å². The first-order chi connectivity index (χ1) is 14.1. The lowest BCUT2D eigenvalue weighted by Crippen LogP contribution is -2.31. The number of ether oxygens (including phenoxy) is 3. The van der Waals surface area contributed by atoms with Crippen molar-refractivity contribution in [2.75, 3.05) is 45.8 Å². The molecule has 1 aromatic carbocycles. The van der Waals surface area contributed by atoms with Crippen molar-refractivity contribution >= 4 is 11.7 Å². The zero-order valence-electron chi connectivity index (χ0n) is 17.4. The average molecular weight is 400 g/mol. The number of para-hydroxylation sites is 1. The highest BCUT2D eigenvalue weighted by atomic mass is 16.5. The topological polar surface area (TPSA) is 77.0 Å². The third kappa shape index (κ3) is 4.52. The summed E-state index contributed by atoms with van der Waals surface area (Å²) in [6.07, 6.45) is 4.87. The van der Waals surface area contributed by atoms with Crippen LogP contribution < -0.4 is 19.1 Å². The molecule has 3 rings (SSSR count). The standard InChI is InChI=1S/C21H28N4O4/c1-5-12-24(2)19-20(23-11-10-22-19)29-15-9-13-25(14-15)21(26)16-7-6-8-17(27-3)18(16)28-4/h6-8,10-11,15H,5,9,12-14H2,1-4H3. The van der Waals surface area contributed by atoms with Gasteiger partial charge in [-0.05, 0) is 18.6 Å². The van der Waals surface area contributed by atoms with E-state index >= 15 is 0 Å². The normalized spacial score (nSPS) is 15.9. The first kappa shape index (κ1) is 20.7. The summed E-state index contributed by atoms with van der Waals surface area (Å²) < 4.78 is 16.8. The molecule has 29 heavy (non-hydrogen) atoms. The Morgan fingerprint density at radius 1 is 1.24 bits per heavy atom. The van der Waals surface area contributed by atoms with Crippen LogP contribution in [-0.2, 0) is 0 Å². The summed E-state index contributed by atoms with van der Waals surface area (Å²) in [4.78, 5) is 25.6. The predicted molar refractivity (Wildman–Crippen MR) is 110 cm³/mol. The van der Waals surface area contributed by atoms with Crippen LogP contribution in [0.2, 0.25) is 0 Å². The van der Waals surface area contributed by atoms with Crippen molar-refractivity contribution in [3.63, 3.8) is 0 Å². The summed E-state index contributed by atoms with van der Waals surface area (Å²) in [7, 11) is 5.06. The summed E-state index contributed by atoms with van der Waals surface area (Å²) in [5, 5.41) is 0. The molecule has 1 amide bonds. The van der Waals surface area contributed by atoms with Crippen LogP contribution in [0.15, 0.2) is 30.6 Å². The second-order valence-electron chi connectivity index (χ2n) is 6.93. The molecular weight excluding hydrogens is 372 g/mol. The molecule has 1 unspecified atom stereocenters. The predicted octanol–water partition coefficient (Wildman–Crippen LogP) is 2.63. The van der Waals surface area contributed by atoms with E-state index in [-0.39, 0.29) is 12.0 Å². The number of rotatable bonds is 8. The summed E-state index contributed by atoms with van der Waals surface area (Å²) in [5.41, 5.74) is 0.482. The van der Waals surface area contributed by atoms with Crippen molar-refractivity contribution in [1.29, 1.82) is 0 Å². The Labute approximate surface area is 171 Å². The lowest BCUT2D eigenvalue weighted by Gasteiger charge is -2.22. The number of aromatic nitrogens is 2. The minimum absolute atomic E-state index is 0.102. The number of nitrogens with zero attached hydrogens (tertiary/aromatic N) is 4. The highest BCUT2D eigenvalue weighted by Crippen LogP contribution is 2.32. The van der Waals surface area contributed by atoms with Crippen LogP contribution in [0.3, 0.4) is 0 Å². The van der Waals surface area contributed by atoms with E-state index in [4.69, 9.17) is 14.2 Å². The average Bonchev–Trinajstić information content (AvgIpc) is 3.21. The van der Waals surface area contributed by atoms with Gasteiger partial charge < -0.3 is 24.0 Å². The van der Waals surface area contributed by atoms with Gasteiger partial charge in [-0.1, -0.05) is 13.0 Å². The number of anilines is 1. The first-order valence-corrected chi connectivity index (χ1v) is 9.78. The fraction of sp³-hybridized carbons (Fsp3) is 0.476. The summed E-state index contributed by atoms with van der Waals surface area (Å²) >= 11 is 0. The number of hydrogen-bond donors (Lipinski definition) is 0. The smallest absolute Gasteiger partial charge is 0.257 e. The maximum Gasteiger partial charge on any atom is 0.257 e. The van der Waals surface area contributed by atoms with Crippen LogP contribution in [0.4, 0.5) is 5.82 Å². The van der Waals surface area contributed by atoms with E-state index in [1.165, 1.54) is 7.11 Å². The van der Waals surface area contributed by atoms with Crippen molar-refractivity contribution < 1.29 is 19.0 Å². The van der Waals surface area contributed by atoms with Gasteiger partial charge in [-0.2, -0.15) is 0 Å². The molecule has 1 aromatic heterocycles. The molecule has 1 aliphatic heterocycles.